The predicted octanol–water partition coefficient (Wildman–Crippen LogP) is 6.59. The molecule has 3 heterocycles. The standard InChI is InChI=1S/C24H16F3N5OS/c1-33-15-8-9-19-17(11-15)22(31-21(29-19)14-5-4-10-28-12-14)32-23-30-20(13-34-23)16-6-2-3-7-18(16)24(25,26)27/h2-13H,1H3,(H,29,30,31,32). The highest BCUT2D eigenvalue weighted by Gasteiger charge is 2.33. The summed E-state index contributed by atoms with van der Waals surface area (Å²) in [4.78, 5) is 17.8. The first kappa shape index (κ1) is 21.8. The van der Waals surface area contributed by atoms with Gasteiger partial charge >= 0.3 is 6.18 Å². The number of hydrogen-bond donors (Lipinski definition) is 1. The van der Waals surface area contributed by atoms with Crippen molar-refractivity contribution in [2.45, 2.75) is 6.18 Å². The normalized spacial score (nSPS) is 11.5. The van der Waals surface area contributed by atoms with Crippen LogP contribution in [-0.2, 0) is 6.18 Å². The van der Waals surface area contributed by atoms with Gasteiger partial charge in [0.15, 0.2) is 11.0 Å². The molecule has 0 radical (unpaired) electrons. The second-order valence-electron chi connectivity index (χ2n) is 7.23. The lowest BCUT2D eigenvalue weighted by Crippen LogP contribution is -2.07. The summed E-state index contributed by atoms with van der Waals surface area (Å²) in [5.74, 6) is 1.52. The summed E-state index contributed by atoms with van der Waals surface area (Å²) >= 11 is 1.19. The van der Waals surface area contributed by atoms with Crippen molar-refractivity contribution in [2.75, 3.05) is 12.4 Å². The zero-order valence-electron chi connectivity index (χ0n) is 17.7. The third-order valence-corrected chi connectivity index (χ3v) is 5.82. The lowest BCUT2D eigenvalue weighted by atomic mass is 10.1. The average Bonchev–Trinajstić information content (AvgIpc) is 3.32. The average molecular weight is 479 g/mol. The first-order valence-electron chi connectivity index (χ1n) is 10.1. The van der Waals surface area contributed by atoms with Gasteiger partial charge in [0.25, 0.3) is 0 Å². The molecule has 0 unspecified atom stereocenters. The van der Waals surface area contributed by atoms with Gasteiger partial charge in [-0.25, -0.2) is 15.0 Å². The minimum absolute atomic E-state index is 0.0181. The van der Waals surface area contributed by atoms with Gasteiger partial charge in [0.1, 0.15) is 11.6 Å². The highest BCUT2D eigenvalue weighted by molar-refractivity contribution is 7.14. The number of hydrogen-bond acceptors (Lipinski definition) is 7. The van der Waals surface area contributed by atoms with E-state index < -0.39 is 11.7 Å². The third kappa shape index (κ3) is 4.27. The summed E-state index contributed by atoms with van der Waals surface area (Å²) in [5, 5.41) is 5.81. The molecule has 0 amide bonds. The number of ether oxygens (including phenoxy) is 1. The number of nitrogens with zero attached hydrogens (tertiary/aromatic N) is 4. The van der Waals surface area contributed by atoms with Gasteiger partial charge in [0.2, 0.25) is 0 Å². The number of halogens is 3. The lowest BCUT2D eigenvalue weighted by Gasteiger charge is -2.11. The smallest absolute Gasteiger partial charge is 0.417 e. The van der Waals surface area contributed by atoms with E-state index in [0.29, 0.717) is 33.4 Å². The summed E-state index contributed by atoms with van der Waals surface area (Å²) in [6, 6.07) is 14.4. The molecular formula is C24H16F3N5OS. The van der Waals surface area contributed by atoms with E-state index >= 15 is 0 Å². The molecule has 6 nitrogen and oxygen atoms in total. The fourth-order valence-corrected chi connectivity index (χ4v) is 4.17. The van der Waals surface area contributed by atoms with E-state index in [1.807, 2.05) is 12.1 Å². The second kappa shape index (κ2) is 8.71. The number of thiazole rings is 1. The van der Waals surface area contributed by atoms with Crippen LogP contribution in [-0.4, -0.2) is 27.0 Å². The fourth-order valence-electron chi connectivity index (χ4n) is 3.46. The molecule has 2 aromatic carbocycles. The quantitative estimate of drug-likeness (QED) is 0.307. The van der Waals surface area contributed by atoms with E-state index in [9.17, 15) is 13.2 Å². The van der Waals surface area contributed by atoms with Gasteiger partial charge in [-0.05, 0) is 36.4 Å². The fraction of sp³-hybridized carbons (Fsp3) is 0.0833. The molecule has 0 bridgehead atoms. The summed E-state index contributed by atoms with van der Waals surface area (Å²) in [6.45, 7) is 0. The molecule has 0 atom stereocenters. The molecule has 0 aliphatic carbocycles. The molecule has 10 heteroatoms. The molecule has 3 aromatic heterocycles. The maximum absolute atomic E-state index is 13.5. The molecule has 0 aliphatic heterocycles. The Morgan fingerprint density at radius 1 is 0.971 bits per heavy atom. The minimum Gasteiger partial charge on any atom is -0.497 e. The molecule has 0 saturated carbocycles. The van der Waals surface area contributed by atoms with Crippen molar-refractivity contribution in [3.05, 3.63) is 77.9 Å². The first-order valence-corrected chi connectivity index (χ1v) is 11.0. The van der Waals surface area contributed by atoms with Gasteiger partial charge in [0.05, 0.1) is 23.9 Å². The summed E-state index contributed by atoms with van der Waals surface area (Å²) < 4.78 is 45.7. The number of benzene rings is 2. The number of nitrogens with one attached hydrogen (secondary N) is 1. The molecule has 34 heavy (non-hydrogen) atoms. The number of rotatable bonds is 5. The number of methoxy groups -OCH3 is 1. The summed E-state index contributed by atoms with van der Waals surface area (Å²) in [5.41, 5.74) is 0.898. The van der Waals surface area contributed by atoms with Crippen molar-refractivity contribution in [1.29, 1.82) is 0 Å². The maximum Gasteiger partial charge on any atom is 0.417 e. The Labute approximate surface area is 196 Å². The Hall–Kier alpha value is -4.05. The van der Waals surface area contributed by atoms with Crippen molar-refractivity contribution >= 4 is 33.2 Å². The van der Waals surface area contributed by atoms with Crippen LogP contribution in [0.4, 0.5) is 24.1 Å². The molecule has 5 aromatic rings. The van der Waals surface area contributed by atoms with Gasteiger partial charge in [-0.2, -0.15) is 13.2 Å². The van der Waals surface area contributed by atoms with Gasteiger partial charge in [-0.3, -0.25) is 4.98 Å². The highest BCUT2D eigenvalue weighted by atomic mass is 32.1. The molecule has 5 rings (SSSR count). The van der Waals surface area contributed by atoms with E-state index in [1.54, 1.807) is 49.1 Å². The molecule has 0 spiro atoms. The number of aromatic nitrogens is 4. The third-order valence-electron chi connectivity index (χ3n) is 5.06. The van der Waals surface area contributed by atoms with Crippen LogP contribution in [0.15, 0.2) is 72.4 Å². The summed E-state index contributed by atoms with van der Waals surface area (Å²) in [7, 11) is 1.56. The van der Waals surface area contributed by atoms with Gasteiger partial charge in [0, 0.05) is 34.3 Å². The van der Waals surface area contributed by atoms with Crippen LogP contribution < -0.4 is 10.1 Å². The van der Waals surface area contributed by atoms with Crippen LogP contribution in [0, 0.1) is 0 Å². The van der Waals surface area contributed by atoms with E-state index in [-0.39, 0.29) is 11.3 Å². The van der Waals surface area contributed by atoms with Crippen LogP contribution >= 0.6 is 11.3 Å². The first-order chi connectivity index (χ1) is 16.4. The van der Waals surface area contributed by atoms with Crippen molar-refractivity contribution in [3.63, 3.8) is 0 Å². The molecule has 0 fully saturated rings. The van der Waals surface area contributed by atoms with Crippen molar-refractivity contribution in [3.8, 4) is 28.4 Å². The van der Waals surface area contributed by atoms with Gasteiger partial charge in [-0.15, -0.1) is 11.3 Å². The predicted molar refractivity (Wildman–Crippen MR) is 125 cm³/mol. The van der Waals surface area contributed by atoms with Crippen LogP contribution in [0.5, 0.6) is 5.75 Å². The Morgan fingerprint density at radius 3 is 2.59 bits per heavy atom. The summed E-state index contributed by atoms with van der Waals surface area (Å²) in [6.07, 6.45) is -1.17. The number of fused-ring (bicyclic) bond motifs is 1. The SMILES string of the molecule is COc1ccc2nc(-c3cccnc3)nc(Nc3nc(-c4ccccc4C(F)(F)F)cs3)c2c1. The largest absolute Gasteiger partial charge is 0.497 e. The highest BCUT2D eigenvalue weighted by Crippen LogP contribution is 2.38. The zero-order chi connectivity index (χ0) is 23.7. The Kier molecular flexibility index (Phi) is 5.58. The topological polar surface area (TPSA) is 72.8 Å². The maximum atomic E-state index is 13.5. The van der Waals surface area contributed by atoms with Crippen molar-refractivity contribution in [1.82, 2.24) is 19.9 Å². The molecular weight excluding hydrogens is 463 g/mol. The molecule has 1 N–H and O–H groups in total. The van der Waals surface area contributed by atoms with E-state index in [0.717, 1.165) is 11.6 Å². The monoisotopic (exact) mass is 479 g/mol. The van der Waals surface area contributed by atoms with E-state index in [2.05, 4.69) is 25.3 Å². The second-order valence-corrected chi connectivity index (χ2v) is 8.08. The van der Waals surface area contributed by atoms with E-state index in [1.165, 1.54) is 23.5 Å². The van der Waals surface area contributed by atoms with Crippen molar-refractivity contribution < 1.29 is 17.9 Å². The molecule has 0 saturated heterocycles. The van der Waals surface area contributed by atoms with Crippen LogP contribution in [0.25, 0.3) is 33.5 Å². The number of anilines is 2. The molecule has 0 aliphatic rings. The number of pyridine rings is 1. The van der Waals surface area contributed by atoms with Crippen molar-refractivity contribution in [2.24, 2.45) is 0 Å². The molecule has 170 valence electrons. The Balaban J connectivity index is 1.58. The lowest BCUT2D eigenvalue weighted by molar-refractivity contribution is -0.137. The van der Waals surface area contributed by atoms with Gasteiger partial charge in [-0.1, -0.05) is 18.2 Å². The van der Waals surface area contributed by atoms with Gasteiger partial charge < -0.3 is 10.1 Å². The Bertz CT molecular complexity index is 1470. The Morgan fingerprint density at radius 2 is 1.82 bits per heavy atom. The van der Waals surface area contributed by atoms with Crippen LogP contribution in [0.3, 0.4) is 0 Å². The van der Waals surface area contributed by atoms with Crippen LogP contribution in [0.2, 0.25) is 0 Å². The van der Waals surface area contributed by atoms with E-state index in [4.69, 9.17) is 4.74 Å². The number of alkyl halides is 3. The minimum atomic E-state index is -4.48. The van der Waals surface area contributed by atoms with Crippen LogP contribution in [0.1, 0.15) is 5.56 Å². The zero-order valence-corrected chi connectivity index (χ0v) is 18.5.